The van der Waals surface area contributed by atoms with Crippen molar-refractivity contribution in [2.24, 2.45) is 0 Å². The Hall–Kier alpha value is -1.48. The van der Waals surface area contributed by atoms with Gasteiger partial charge in [-0.1, -0.05) is 23.7 Å². The molecule has 1 aliphatic rings. The smallest absolute Gasteiger partial charge is 0.343 e. The zero-order valence-electron chi connectivity index (χ0n) is 8.95. The Kier molecular flexibility index (Phi) is 2.43. The van der Waals surface area contributed by atoms with Gasteiger partial charge in [0, 0.05) is 5.02 Å². The lowest BCUT2D eigenvalue weighted by atomic mass is 10.0. The summed E-state index contributed by atoms with van der Waals surface area (Å²) in [6, 6.07) is 6.68. The molecule has 2 rings (SSSR count). The average molecular weight is 239 g/mol. The van der Waals surface area contributed by atoms with Crippen LogP contribution in [0.25, 0.3) is 5.57 Å². The van der Waals surface area contributed by atoms with Gasteiger partial charge in [0.15, 0.2) is 11.4 Å². The third-order valence-electron chi connectivity index (χ3n) is 2.49. The van der Waals surface area contributed by atoms with E-state index in [2.05, 4.69) is 0 Å². The van der Waals surface area contributed by atoms with Crippen LogP contribution in [0.5, 0.6) is 0 Å². The van der Waals surface area contributed by atoms with Crippen LogP contribution in [0.2, 0.25) is 5.02 Å². The molecule has 0 saturated carbocycles. The molecule has 0 bridgehead atoms. The highest BCUT2D eigenvalue weighted by atomic mass is 35.5. The van der Waals surface area contributed by atoms with Crippen LogP contribution in [0.4, 0.5) is 0 Å². The van der Waals surface area contributed by atoms with Crippen molar-refractivity contribution in [3.05, 3.63) is 40.6 Å². The van der Waals surface area contributed by atoms with Crippen LogP contribution in [0.1, 0.15) is 19.4 Å². The van der Waals surface area contributed by atoms with Gasteiger partial charge in [-0.2, -0.15) is 0 Å². The van der Waals surface area contributed by atoms with Crippen LogP contribution in [0.15, 0.2) is 30.0 Å². The fourth-order valence-electron chi connectivity index (χ4n) is 1.60. The Morgan fingerprint density at radius 3 is 2.25 bits per heavy atom. The van der Waals surface area contributed by atoms with Crippen LogP contribution in [-0.4, -0.2) is 16.7 Å². The molecule has 0 spiro atoms. The molecule has 0 radical (unpaired) electrons. The summed E-state index contributed by atoms with van der Waals surface area (Å²) in [5.41, 5.74) is -0.134. The molecule has 0 atom stereocenters. The summed E-state index contributed by atoms with van der Waals surface area (Å²) in [5, 5.41) is 10.5. The summed E-state index contributed by atoms with van der Waals surface area (Å²) in [7, 11) is 0. The zero-order chi connectivity index (χ0) is 11.9. The van der Waals surface area contributed by atoms with Gasteiger partial charge in [0.05, 0.1) is 0 Å². The second-order valence-electron chi connectivity index (χ2n) is 4.13. The van der Waals surface area contributed by atoms with E-state index in [4.69, 9.17) is 16.3 Å². The van der Waals surface area contributed by atoms with E-state index < -0.39 is 11.6 Å². The van der Waals surface area contributed by atoms with Gasteiger partial charge in [-0.15, -0.1) is 0 Å². The monoisotopic (exact) mass is 238 g/mol. The third-order valence-corrected chi connectivity index (χ3v) is 2.74. The lowest BCUT2D eigenvalue weighted by Crippen LogP contribution is -2.22. The molecule has 1 heterocycles. The zero-order valence-corrected chi connectivity index (χ0v) is 9.71. The number of ether oxygens (including phenoxy) is 1. The first-order valence-electron chi connectivity index (χ1n) is 4.85. The van der Waals surface area contributed by atoms with E-state index in [9.17, 15) is 9.90 Å². The molecule has 16 heavy (non-hydrogen) atoms. The number of carbonyl (C=O) groups excluding carboxylic acids is 1. The number of cyclic esters (lactones) is 1. The van der Waals surface area contributed by atoms with Crippen LogP contribution < -0.4 is 0 Å². The number of halogens is 1. The molecule has 1 aromatic rings. The first kappa shape index (κ1) is 11.0. The quantitative estimate of drug-likeness (QED) is 0.766. The van der Waals surface area contributed by atoms with Gasteiger partial charge in [0.1, 0.15) is 5.57 Å². The number of aliphatic hydroxyl groups is 1. The SMILES string of the molecule is CC1(C)OC(=O)C(c2ccc(Cl)cc2)=C1O. The van der Waals surface area contributed by atoms with Gasteiger partial charge >= 0.3 is 5.97 Å². The highest BCUT2D eigenvalue weighted by Crippen LogP contribution is 2.35. The Labute approximate surface area is 98.3 Å². The van der Waals surface area contributed by atoms with E-state index in [0.717, 1.165) is 0 Å². The van der Waals surface area contributed by atoms with Gasteiger partial charge in [0.2, 0.25) is 0 Å². The van der Waals surface area contributed by atoms with Crippen LogP contribution in [0, 0.1) is 0 Å². The number of carbonyl (C=O) groups is 1. The maximum absolute atomic E-state index is 11.6. The fraction of sp³-hybridized carbons (Fsp3) is 0.250. The van der Waals surface area contributed by atoms with E-state index in [1.165, 1.54) is 0 Å². The van der Waals surface area contributed by atoms with E-state index in [1.807, 2.05) is 0 Å². The van der Waals surface area contributed by atoms with Crippen molar-refractivity contribution in [2.75, 3.05) is 0 Å². The molecule has 0 unspecified atom stereocenters. The van der Waals surface area contributed by atoms with Gasteiger partial charge < -0.3 is 9.84 Å². The maximum atomic E-state index is 11.6. The lowest BCUT2D eigenvalue weighted by Gasteiger charge is -2.16. The Morgan fingerprint density at radius 1 is 1.25 bits per heavy atom. The number of rotatable bonds is 1. The van der Waals surface area contributed by atoms with E-state index in [-0.39, 0.29) is 11.3 Å². The molecule has 0 aromatic heterocycles. The number of benzene rings is 1. The van der Waals surface area contributed by atoms with E-state index in [0.29, 0.717) is 10.6 Å². The molecule has 0 aliphatic carbocycles. The molecule has 0 fully saturated rings. The summed E-state index contributed by atoms with van der Waals surface area (Å²) in [6.07, 6.45) is 0. The largest absolute Gasteiger partial charge is 0.507 e. The second kappa shape index (κ2) is 3.52. The number of aliphatic hydroxyl groups excluding tert-OH is 1. The van der Waals surface area contributed by atoms with Crippen LogP contribution in [-0.2, 0) is 9.53 Å². The standard InChI is InChI=1S/C12H11ClO3/c1-12(2)10(14)9(11(15)16-12)7-3-5-8(13)6-4-7/h3-6,14H,1-2H3. The number of esters is 1. The van der Waals surface area contributed by atoms with Crippen molar-refractivity contribution in [1.29, 1.82) is 0 Å². The lowest BCUT2D eigenvalue weighted by molar-refractivity contribution is -0.143. The summed E-state index contributed by atoms with van der Waals surface area (Å²) in [5.74, 6) is -0.551. The maximum Gasteiger partial charge on any atom is 0.343 e. The van der Waals surface area contributed by atoms with Gasteiger partial charge in [0.25, 0.3) is 0 Å². The van der Waals surface area contributed by atoms with Crippen LogP contribution in [0.3, 0.4) is 0 Å². The molecule has 1 aliphatic heterocycles. The van der Waals surface area contributed by atoms with Gasteiger partial charge in [-0.25, -0.2) is 4.79 Å². The first-order valence-corrected chi connectivity index (χ1v) is 5.22. The number of hydrogen-bond donors (Lipinski definition) is 1. The first-order chi connectivity index (χ1) is 7.42. The van der Waals surface area contributed by atoms with Crippen molar-refractivity contribution in [1.82, 2.24) is 0 Å². The van der Waals surface area contributed by atoms with Crippen molar-refractivity contribution in [3.63, 3.8) is 0 Å². The summed E-state index contributed by atoms with van der Waals surface area (Å²) < 4.78 is 5.06. The summed E-state index contributed by atoms with van der Waals surface area (Å²) in [4.78, 5) is 11.6. The Balaban J connectivity index is 2.52. The van der Waals surface area contributed by atoms with Gasteiger partial charge in [-0.3, -0.25) is 0 Å². The summed E-state index contributed by atoms with van der Waals surface area (Å²) >= 11 is 5.75. The van der Waals surface area contributed by atoms with Crippen molar-refractivity contribution in [3.8, 4) is 0 Å². The molecule has 1 aromatic carbocycles. The Morgan fingerprint density at radius 2 is 1.81 bits per heavy atom. The molecule has 0 saturated heterocycles. The third kappa shape index (κ3) is 1.67. The number of hydrogen-bond acceptors (Lipinski definition) is 3. The minimum absolute atomic E-state index is 0.0418. The summed E-state index contributed by atoms with van der Waals surface area (Å²) in [6.45, 7) is 3.28. The average Bonchev–Trinajstić information content (AvgIpc) is 2.39. The predicted molar refractivity (Wildman–Crippen MR) is 61.2 cm³/mol. The van der Waals surface area contributed by atoms with Crippen LogP contribution >= 0.6 is 11.6 Å². The fourth-order valence-corrected chi connectivity index (χ4v) is 1.73. The highest BCUT2D eigenvalue weighted by Gasteiger charge is 2.41. The van der Waals surface area contributed by atoms with E-state index >= 15 is 0 Å². The van der Waals surface area contributed by atoms with E-state index in [1.54, 1.807) is 38.1 Å². The molecule has 84 valence electrons. The molecule has 0 amide bonds. The predicted octanol–water partition coefficient (Wildman–Crippen LogP) is 2.94. The Bertz CT molecular complexity index is 472. The van der Waals surface area contributed by atoms with Crippen molar-refractivity contribution in [2.45, 2.75) is 19.4 Å². The van der Waals surface area contributed by atoms with Gasteiger partial charge in [-0.05, 0) is 31.5 Å². The molecule has 4 heteroatoms. The molecule has 1 N–H and O–H groups in total. The highest BCUT2D eigenvalue weighted by molar-refractivity contribution is 6.30. The minimum Gasteiger partial charge on any atom is -0.507 e. The normalized spacial score (nSPS) is 18.8. The topological polar surface area (TPSA) is 46.5 Å². The second-order valence-corrected chi connectivity index (χ2v) is 4.57. The van der Waals surface area contributed by atoms with Crippen molar-refractivity contribution >= 4 is 23.1 Å². The molecular formula is C12H11ClO3. The minimum atomic E-state index is -0.952. The molecule has 3 nitrogen and oxygen atoms in total. The molecular weight excluding hydrogens is 228 g/mol. The van der Waals surface area contributed by atoms with Crippen molar-refractivity contribution < 1.29 is 14.6 Å².